The van der Waals surface area contributed by atoms with Crippen LogP contribution < -0.4 is 0 Å². The van der Waals surface area contributed by atoms with Crippen LogP contribution in [0.4, 0.5) is 0 Å². The number of benzene rings is 1. The Morgan fingerprint density at radius 2 is 2.24 bits per heavy atom. The maximum atomic E-state index is 10.8. The molecule has 1 aliphatic rings. The van der Waals surface area contributed by atoms with E-state index in [9.17, 15) is 4.79 Å². The maximum absolute atomic E-state index is 10.8. The van der Waals surface area contributed by atoms with E-state index in [2.05, 4.69) is 6.92 Å². The molecule has 0 spiro atoms. The van der Waals surface area contributed by atoms with Gasteiger partial charge >= 0.3 is 5.97 Å². The highest BCUT2D eigenvalue weighted by molar-refractivity contribution is 6.33. The zero-order valence-electron chi connectivity index (χ0n) is 9.49. The van der Waals surface area contributed by atoms with E-state index in [-0.39, 0.29) is 11.8 Å². The Balaban J connectivity index is 2.02. The number of hydrogen-bond acceptors (Lipinski definition) is 1. The van der Waals surface area contributed by atoms with Crippen LogP contribution >= 0.6 is 23.2 Å². The molecule has 2 nitrogen and oxygen atoms in total. The molecule has 17 heavy (non-hydrogen) atoms. The molecule has 1 aromatic rings. The van der Waals surface area contributed by atoms with Crippen LogP contribution in [0.25, 0.3) is 0 Å². The third-order valence-electron chi connectivity index (χ3n) is 3.44. The van der Waals surface area contributed by atoms with Gasteiger partial charge in [0.2, 0.25) is 0 Å². The minimum Gasteiger partial charge on any atom is -0.481 e. The smallest absolute Gasteiger partial charge is 0.306 e. The molecule has 0 aliphatic heterocycles. The van der Waals surface area contributed by atoms with Crippen LogP contribution in [-0.2, 0) is 11.2 Å². The molecule has 1 N–H and O–H groups in total. The number of hydrogen-bond donors (Lipinski definition) is 1. The van der Waals surface area contributed by atoms with Crippen molar-refractivity contribution in [3.8, 4) is 0 Å². The van der Waals surface area contributed by atoms with Crippen LogP contribution in [0, 0.1) is 17.8 Å². The lowest BCUT2D eigenvalue weighted by molar-refractivity contribution is -0.139. The first-order valence-electron chi connectivity index (χ1n) is 5.65. The third kappa shape index (κ3) is 2.93. The van der Waals surface area contributed by atoms with Crippen molar-refractivity contribution in [2.45, 2.75) is 19.8 Å². The molecule has 1 aliphatic carbocycles. The fraction of sp³-hybridized carbons (Fsp3) is 0.462. The summed E-state index contributed by atoms with van der Waals surface area (Å²) >= 11 is 12.0. The van der Waals surface area contributed by atoms with E-state index >= 15 is 0 Å². The number of aliphatic carboxylic acids is 1. The second-order valence-electron chi connectivity index (χ2n) is 4.76. The van der Waals surface area contributed by atoms with E-state index < -0.39 is 5.97 Å². The Labute approximate surface area is 111 Å². The molecule has 2 rings (SSSR count). The largest absolute Gasteiger partial charge is 0.481 e. The highest BCUT2D eigenvalue weighted by Gasteiger charge is 2.46. The van der Waals surface area contributed by atoms with Crippen molar-refractivity contribution in [1.82, 2.24) is 0 Å². The summed E-state index contributed by atoms with van der Waals surface area (Å²) in [6.07, 6.45) is 1.57. The number of carboxylic acid groups (broad SMARTS) is 1. The molecule has 0 amide bonds. The van der Waals surface area contributed by atoms with E-state index in [4.69, 9.17) is 28.3 Å². The first kappa shape index (κ1) is 12.7. The molecule has 0 aromatic heterocycles. The van der Waals surface area contributed by atoms with Gasteiger partial charge in [0, 0.05) is 10.0 Å². The Kier molecular flexibility index (Phi) is 3.64. The van der Waals surface area contributed by atoms with Crippen molar-refractivity contribution >= 4 is 29.2 Å². The van der Waals surface area contributed by atoms with Crippen LogP contribution in [0.3, 0.4) is 0 Å². The van der Waals surface area contributed by atoms with Gasteiger partial charge < -0.3 is 5.11 Å². The number of rotatable bonds is 4. The second-order valence-corrected chi connectivity index (χ2v) is 5.61. The standard InChI is InChI=1S/C13H14Cl2O2/c1-7(10-6-11(10)13(16)17)4-8-5-9(14)2-3-12(8)15/h2-3,5,7,10-11H,4,6H2,1H3,(H,16,17). The average molecular weight is 273 g/mol. The first-order chi connectivity index (χ1) is 7.99. The molecular weight excluding hydrogens is 259 g/mol. The Morgan fingerprint density at radius 3 is 2.82 bits per heavy atom. The summed E-state index contributed by atoms with van der Waals surface area (Å²) in [6, 6.07) is 5.40. The van der Waals surface area contributed by atoms with Crippen LogP contribution in [0.1, 0.15) is 18.9 Å². The molecule has 3 unspecified atom stereocenters. The second kappa shape index (κ2) is 4.87. The molecule has 1 saturated carbocycles. The van der Waals surface area contributed by atoms with E-state index in [1.54, 1.807) is 12.1 Å². The van der Waals surface area contributed by atoms with Gasteiger partial charge in [0.1, 0.15) is 0 Å². The lowest BCUT2D eigenvalue weighted by atomic mass is 9.95. The summed E-state index contributed by atoms with van der Waals surface area (Å²) in [4.78, 5) is 10.8. The van der Waals surface area contributed by atoms with Gasteiger partial charge in [-0.15, -0.1) is 0 Å². The van der Waals surface area contributed by atoms with Crippen molar-refractivity contribution in [2.24, 2.45) is 17.8 Å². The molecule has 1 fully saturated rings. The SMILES string of the molecule is CC(Cc1cc(Cl)ccc1Cl)C1CC1C(=O)O. The fourth-order valence-corrected chi connectivity index (χ4v) is 2.71. The van der Waals surface area contributed by atoms with Gasteiger partial charge in [-0.2, -0.15) is 0 Å². The lowest BCUT2D eigenvalue weighted by Crippen LogP contribution is -2.08. The van der Waals surface area contributed by atoms with Crippen LogP contribution in [-0.4, -0.2) is 11.1 Å². The van der Waals surface area contributed by atoms with Crippen molar-refractivity contribution in [1.29, 1.82) is 0 Å². The average Bonchev–Trinajstić information content (AvgIpc) is 3.03. The first-order valence-corrected chi connectivity index (χ1v) is 6.41. The summed E-state index contributed by atoms with van der Waals surface area (Å²) in [6.45, 7) is 2.07. The van der Waals surface area contributed by atoms with E-state index in [1.165, 1.54) is 0 Å². The minimum absolute atomic E-state index is 0.164. The predicted molar refractivity (Wildman–Crippen MR) is 68.6 cm³/mol. The van der Waals surface area contributed by atoms with Gasteiger partial charge in [0.25, 0.3) is 0 Å². The number of carboxylic acids is 1. The molecule has 0 heterocycles. The van der Waals surface area contributed by atoms with E-state index in [0.29, 0.717) is 16.0 Å². The van der Waals surface area contributed by atoms with Gasteiger partial charge in [-0.1, -0.05) is 30.1 Å². The lowest BCUT2D eigenvalue weighted by Gasteiger charge is -2.12. The summed E-state index contributed by atoms with van der Waals surface area (Å²) in [7, 11) is 0. The fourth-order valence-electron chi connectivity index (χ4n) is 2.33. The van der Waals surface area contributed by atoms with Crippen molar-refractivity contribution in [3.05, 3.63) is 33.8 Å². The molecule has 92 valence electrons. The molecule has 4 heteroatoms. The highest BCUT2D eigenvalue weighted by Crippen LogP contribution is 2.45. The molecule has 0 bridgehead atoms. The molecule has 1 aromatic carbocycles. The van der Waals surface area contributed by atoms with Crippen LogP contribution in [0.15, 0.2) is 18.2 Å². The summed E-state index contributed by atoms with van der Waals surface area (Å²) in [5, 5.41) is 10.3. The van der Waals surface area contributed by atoms with Gasteiger partial charge in [0.05, 0.1) is 5.92 Å². The van der Waals surface area contributed by atoms with E-state index in [0.717, 1.165) is 18.4 Å². The van der Waals surface area contributed by atoms with E-state index in [1.807, 2.05) is 6.07 Å². The van der Waals surface area contributed by atoms with Crippen LogP contribution in [0.2, 0.25) is 10.0 Å². The molecular formula is C13H14Cl2O2. The van der Waals surface area contributed by atoms with Gasteiger partial charge in [-0.3, -0.25) is 4.79 Å². The highest BCUT2D eigenvalue weighted by atomic mass is 35.5. The number of halogens is 2. The summed E-state index contributed by atoms with van der Waals surface area (Å²) in [5.41, 5.74) is 1.00. The minimum atomic E-state index is -0.681. The third-order valence-corrected chi connectivity index (χ3v) is 4.04. The Bertz CT molecular complexity index is 445. The van der Waals surface area contributed by atoms with Gasteiger partial charge in [0.15, 0.2) is 0 Å². The Morgan fingerprint density at radius 1 is 1.53 bits per heavy atom. The zero-order valence-corrected chi connectivity index (χ0v) is 11.0. The molecule has 0 saturated heterocycles. The molecule has 0 radical (unpaired) electrons. The number of carbonyl (C=O) groups is 1. The summed E-state index contributed by atoms with van der Waals surface area (Å²) in [5.74, 6) is -0.239. The predicted octanol–water partition coefficient (Wildman–Crippen LogP) is 3.89. The Hall–Kier alpha value is -0.730. The van der Waals surface area contributed by atoms with Crippen molar-refractivity contribution in [2.75, 3.05) is 0 Å². The maximum Gasteiger partial charge on any atom is 0.306 e. The summed E-state index contributed by atoms with van der Waals surface area (Å²) < 4.78 is 0. The molecule has 3 atom stereocenters. The topological polar surface area (TPSA) is 37.3 Å². The quantitative estimate of drug-likeness (QED) is 0.903. The normalized spacial score (nSPS) is 24.4. The van der Waals surface area contributed by atoms with Crippen molar-refractivity contribution in [3.63, 3.8) is 0 Å². The van der Waals surface area contributed by atoms with Gasteiger partial charge in [-0.25, -0.2) is 0 Å². The zero-order chi connectivity index (χ0) is 12.6. The monoisotopic (exact) mass is 272 g/mol. The van der Waals surface area contributed by atoms with Crippen molar-refractivity contribution < 1.29 is 9.90 Å². The van der Waals surface area contributed by atoms with Gasteiger partial charge in [-0.05, 0) is 48.4 Å². The van der Waals surface area contributed by atoms with Crippen LogP contribution in [0.5, 0.6) is 0 Å².